The first-order valence-electron chi connectivity index (χ1n) is 8.34. The molecule has 11 heteroatoms. The first-order valence-corrected chi connectivity index (χ1v) is 8.72. The summed E-state index contributed by atoms with van der Waals surface area (Å²) in [7, 11) is 1.47. The van der Waals surface area contributed by atoms with Crippen molar-refractivity contribution in [3.63, 3.8) is 0 Å². The summed E-state index contributed by atoms with van der Waals surface area (Å²) in [5.74, 6) is -1.95. The highest BCUT2D eigenvalue weighted by Gasteiger charge is 2.34. The Morgan fingerprint density at radius 3 is 2.33 bits per heavy atom. The number of methoxy groups -OCH3 is 1. The average molecular weight is 445 g/mol. The molecular weight excluding hydrogens is 429 g/mol. The Balaban J connectivity index is 1.83. The van der Waals surface area contributed by atoms with Crippen LogP contribution in [0.5, 0.6) is 5.75 Å². The monoisotopic (exact) mass is 444 g/mol. The van der Waals surface area contributed by atoms with Crippen LogP contribution < -0.4 is 15.4 Å². The van der Waals surface area contributed by atoms with Gasteiger partial charge in [-0.15, -0.1) is 0 Å². The zero-order chi connectivity index (χ0) is 22.3. The highest BCUT2D eigenvalue weighted by atomic mass is 35.5. The van der Waals surface area contributed by atoms with Crippen LogP contribution in [0.2, 0.25) is 5.02 Å². The molecule has 0 aliphatic heterocycles. The Hall–Kier alpha value is -3.27. The van der Waals surface area contributed by atoms with Crippen LogP contribution in [-0.4, -0.2) is 38.0 Å². The quantitative estimate of drug-likeness (QED) is 0.639. The molecule has 0 aromatic heterocycles. The fourth-order valence-electron chi connectivity index (χ4n) is 2.24. The Morgan fingerprint density at radius 2 is 1.73 bits per heavy atom. The van der Waals surface area contributed by atoms with E-state index in [9.17, 15) is 27.6 Å². The number of esters is 1. The van der Waals surface area contributed by atoms with Gasteiger partial charge in [0, 0.05) is 10.6 Å². The van der Waals surface area contributed by atoms with Crippen LogP contribution in [0.4, 0.5) is 18.9 Å². The highest BCUT2D eigenvalue weighted by molar-refractivity contribution is 6.30. The Labute approximate surface area is 174 Å². The van der Waals surface area contributed by atoms with Gasteiger partial charge in [0.05, 0.1) is 18.4 Å². The molecule has 0 unspecified atom stereocenters. The molecule has 0 saturated carbocycles. The molecule has 0 fully saturated rings. The number of rotatable bonds is 7. The number of carbonyl (C=O) groups is 3. The summed E-state index contributed by atoms with van der Waals surface area (Å²) in [6.07, 6.45) is -4.74. The standard InChI is InChI=1S/C19H16ClF3N2O5/c1-29-13-5-2-11(3-6-13)18(28)24-9-17(27)30-10-16(26)25-15-7-4-12(20)8-14(15)19(21,22)23/h2-8H,9-10H2,1H3,(H,24,28)(H,25,26). The normalized spacial score (nSPS) is 10.8. The van der Waals surface area contributed by atoms with Crippen molar-refractivity contribution in [1.82, 2.24) is 5.32 Å². The van der Waals surface area contributed by atoms with Crippen molar-refractivity contribution in [1.29, 1.82) is 0 Å². The van der Waals surface area contributed by atoms with Gasteiger partial charge in [-0.3, -0.25) is 14.4 Å². The average Bonchev–Trinajstić information content (AvgIpc) is 2.71. The summed E-state index contributed by atoms with van der Waals surface area (Å²) < 4.78 is 48.6. The topological polar surface area (TPSA) is 93.7 Å². The highest BCUT2D eigenvalue weighted by Crippen LogP contribution is 2.36. The molecule has 2 N–H and O–H groups in total. The van der Waals surface area contributed by atoms with Crippen molar-refractivity contribution < 1.29 is 37.0 Å². The molecule has 7 nitrogen and oxygen atoms in total. The summed E-state index contributed by atoms with van der Waals surface area (Å²) >= 11 is 5.56. The maximum Gasteiger partial charge on any atom is 0.418 e. The van der Waals surface area contributed by atoms with E-state index >= 15 is 0 Å². The second kappa shape index (κ2) is 9.97. The molecule has 0 aliphatic rings. The number of ether oxygens (including phenoxy) is 2. The van der Waals surface area contributed by atoms with Gasteiger partial charge in [0.1, 0.15) is 12.3 Å². The van der Waals surface area contributed by atoms with Gasteiger partial charge in [0.25, 0.3) is 11.8 Å². The van der Waals surface area contributed by atoms with Gasteiger partial charge in [-0.05, 0) is 42.5 Å². The summed E-state index contributed by atoms with van der Waals surface area (Å²) in [6.45, 7) is -1.37. The predicted molar refractivity (Wildman–Crippen MR) is 101 cm³/mol. The number of halogens is 4. The predicted octanol–water partition coefficient (Wildman–Crippen LogP) is 3.28. The summed E-state index contributed by atoms with van der Waals surface area (Å²) in [4.78, 5) is 35.4. The lowest BCUT2D eigenvalue weighted by atomic mass is 10.1. The molecule has 0 atom stereocenters. The first-order chi connectivity index (χ1) is 14.1. The fourth-order valence-corrected chi connectivity index (χ4v) is 2.41. The van der Waals surface area contributed by atoms with E-state index < -0.39 is 48.4 Å². The molecule has 30 heavy (non-hydrogen) atoms. The number of carbonyl (C=O) groups excluding carboxylic acids is 3. The van der Waals surface area contributed by atoms with Crippen LogP contribution in [0.25, 0.3) is 0 Å². The number of nitrogens with one attached hydrogen (secondary N) is 2. The molecule has 2 aromatic rings. The molecule has 0 spiro atoms. The summed E-state index contributed by atoms with van der Waals surface area (Å²) in [5, 5.41) is 4.15. The van der Waals surface area contributed by atoms with Crippen LogP contribution in [0.15, 0.2) is 42.5 Å². The molecule has 2 amide bonds. The van der Waals surface area contributed by atoms with Gasteiger partial charge < -0.3 is 20.1 Å². The van der Waals surface area contributed by atoms with E-state index in [0.717, 1.165) is 6.07 Å². The van der Waals surface area contributed by atoms with E-state index in [4.69, 9.17) is 16.3 Å². The lowest BCUT2D eigenvalue weighted by Gasteiger charge is -2.14. The number of hydrogen-bond acceptors (Lipinski definition) is 5. The Bertz CT molecular complexity index is 933. The van der Waals surface area contributed by atoms with Crippen LogP contribution >= 0.6 is 11.6 Å². The van der Waals surface area contributed by atoms with E-state index in [-0.39, 0.29) is 10.6 Å². The van der Waals surface area contributed by atoms with Crippen LogP contribution in [-0.2, 0) is 20.5 Å². The van der Waals surface area contributed by atoms with Crippen molar-refractivity contribution in [3.05, 3.63) is 58.6 Å². The Morgan fingerprint density at radius 1 is 1.07 bits per heavy atom. The molecular formula is C19H16ClF3N2O5. The van der Waals surface area contributed by atoms with E-state index in [1.54, 1.807) is 12.1 Å². The maximum absolute atomic E-state index is 13.0. The zero-order valence-corrected chi connectivity index (χ0v) is 16.3. The van der Waals surface area contributed by atoms with Crippen molar-refractivity contribution in [2.75, 3.05) is 25.6 Å². The minimum absolute atomic E-state index is 0.153. The smallest absolute Gasteiger partial charge is 0.418 e. The molecule has 0 aliphatic carbocycles. The number of benzene rings is 2. The van der Waals surface area contributed by atoms with Gasteiger partial charge in [-0.2, -0.15) is 13.2 Å². The summed E-state index contributed by atoms with van der Waals surface area (Å²) in [6, 6.07) is 8.91. The minimum Gasteiger partial charge on any atom is -0.497 e. The maximum atomic E-state index is 13.0. The largest absolute Gasteiger partial charge is 0.497 e. The zero-order valence-electron chi connectivity index (χ0n) is 15.5. The fraction of sp³-hybridized carbons (Fsp3) is 0.211. The van der Waals surface area contributed by atoms with Crippen molar-refractivity contribution in [2.24, 2.45) is 0 Å². The van der Waals surface area contributed by atoms with Gasteiger partial charge in [-0.25, -0.2) is 0 Å². The molecule has 2 rings (SSSR count). The molecule has 2 aromatic carbocycles. The molecule has 160 valence electrons. The lowest BCUT2D eigenvalue weighted by Crippen LogP contribution is -2.32. The third kappa shape index (κ3) is 6.66. The SMILES string of the molecule is COc1ccc(C(=O)NCC(=O)OCC(=O)Nc2ccc(Cl)cc2C(F)(F)F)cc1. The van der Waals surface area contributed by atoms with E-state index in [1.165, 1.54) is 25.3 Å². The van der Waals surface area contributed by atoms with Crippen molar-refractivity contribution in [2.45, 2.75) is 6.18 Å². The van der Waals surface area contributed by atoms with Crippen molar-refractivity contribution in [3.8, 4) is 5.75 Å². The van der Waals surface area contributed by atoms with Gasteiger partial charge in [0.2, 0.25) is 0 Å². The summed E-state index contributed by atoms with van der Waals surface area (Å²) in [5.41, 5.74) is -1.40. The van der Waals surface area contributed by atoms with E-state index in [1.807, 2.05) is 5.32 Å². The molecule has 0 heterocycles. The number of amides is 2. The third-order valence-corrected chi connectivity index (χ3v) is 3.91. The number of anilines is 1. The van der Waals surface area contributed by atoms with E-state index in [0.29, 0.717) is 11.8 Å². The minimum atomic E-state index is -4.74. The van der Waals surface area contributed by atoms with Gasteiger partial charge in [-0.1, -0.05) is 11.6 Å². The van der Waals surface area contributed by atoms with E-state index in [2.05, 4.69) is 10.1 Å². The number of hydrogen-bond donors (Lipinski definition) is 2. The van der Waals surface area contributed by atoms with Crippen LogP contribution in [0, 0.1) is 0 Å². The van der Waals surface area contributed by atoms with Gasteiger partial charge in [0.15, 0.2) is 6.61 Å². The van der Waals surface area contributed by atoms with Crippen molar-refractivity contribution >= 4 is 35.1 Å². The molecule has 0 bridgehead atoms. The molecule has 0 saturated heterocycles. The Kier molecular flexibility index (Phi) is 7.65. The number of alkyl halides is 3. The first kappa shape index (κ1) is 23.0. The molecule has 0 radical (unpaired) electrons. The van der Waals surface area contributed by atoms with Crippen LogP contribution in [0.3, 0.4) is 0 Å². The third-order valence-electron chi connectivity index (χ3n) is 3.67. The second-order valence-corrected chi connectivity index (χ2v) is 6.24. The lowest BCUT2D eigenvalue weighted by molar-refractivity contribution is -0.146. The van der Waals surface area contributed by atoms with Gasteiger partial charge >= 0.3 is 12.1 Å². The second-order valence-electron chi connectivity index (χ2n) is 5.81. The van der Waals surface area contributed by atoms with Crippen LogP contribution in [0.1, 0.15) is 15.9 Å².